The average molecular weight is 332 g/mol. The SMILES string of the molecule is O=C(c1ccncn1)N1CCCC(Cc2cccc3ncccc23)C1. The van der Waals surface area contributed by atoms with E-state index >= 15 is 0 Å². The van der Waals surface area contributed by atoms with Gasteiger partial charge in [-0.3, -0.25) is 9.78 Å². The molecule has 3 heterocycles. The van der Waals surface area contributed by atoms with Crippen LogP contribution in [0.15, 0.2) is 55.1 Å². The van der Waals surface area contributed by atoms with Crippen LogP contribution in [-0.2, 0) is 6.42 Å². The molecule has 3 aromatic rings. The van der Waals surface area contributed by atoms with Gasteiger partial charge in [-0.2, -0.15) is 0 Å². The summed E-state index contributed by atoms with van der Waals surface area (Å²) in [5, 5.41) is 1.21. The van der Waals surface area contributed by atoms with E-state index in [2.05, 4.69) is 33.2 Å². The Morgan fingerprint density at radius 1 is 1.12 bits per heavy atom. The van der Waals surface area contributed by atoms with Gasteiger partial charge in [0, 0.05) is 30.9 Å². The van der Waals surface area contributed by atoms with E-state index < -0.39 is 0 Å². The number of fused-ring (bicyclic) bond motifs is 1. The molecule has 4 rings (SSSR count). The van der Waals surface area contributed by atoms with Crippen LogP contribution < -0.4 is 0 Å². The number of rotatable bonds is 3. The quantitative estimate of drug-likeness (QED) is 0.739. The van der Waals surface area contributed by atoms with Crippen molar-refractivity contribution in [1.82, 2.24) is 19.9 Å². The molecule has 1 saturated heterocycles. The molecule has 0 N–H and O–H groups in total. The summed E-state index contributed by atoms with van der Waals surface area (Å²) in [5.41, 5.74) is 2.82. The van der Waals surface area contributed by atoms with E-state index in [1.165, 1.54) is 17.3 Å². The van der Waals surface area contributed by atoms with Gasteiger partial charge in [-0.15, -0.1) is 0 Å². The van der Waals surface area contributed by atoms with Gasteiger partial charge >= 0.3 is 0 Å². The third-order valence-electron chi connectivity index (χ3n) is 4.85. The Bertz CT molecular complexity index is 876. The smallest absolute Gasteiger partial charge is 0.272 e. The molecule has 0 bridgehead atoms. The Morgan fingerprint density at radius 3 is 2.96 bits per heavy atom. The highest BCUT2D eigenvalue weighted by atomic mass is 16.2. The van der Waals surface area contributed by atoms with Gasteiger partial charge in [-0.25, -0.2) is 9.97 Å². The Hall–Kier alpha value is -2.82. The molecular weight excluding hydrogens is 312 g/mol. The predicted octanol–water partition coefficient (Wildman–Crippen LogP) is 3.12. The first-order valence-electron chi connectivity index (χ1n) is 8.69. The van der Waals surface area contributed by atoms with Crippen molar-refractivity contribution < 1.29 is 4.79 Å². The number of likely N-dealkylation sites (tertiary alicyclic amines) is 1. The molecular formula is C20H20N4O. The number of amides is 1. The van der Waals surface area contributed by atoms with E-state index in [0.29, 0.717) is 11.6 Å². The standard InChI is InChI=1S/C20H20N4O/c25-20(19-8-10-21-14-23-19)24-11-3-4-15(13-24)12-16-5-1-7-18-17(16)6-2-9-22-18/h1-2,5-10,14-15H,3-4,11-13H2. The van der Waals surface area contributed by atoms with Gasteiger partial charge in [0.15, 0.2) is 0 Å². The summed E-state index contributed by atoms with van der Waals surface area (Å²) in [7, 11) is 0. The minimum absolute atomic E-state index is 0.00619. The van der Waals surface area contributed by atoms with E-state index in [4.69, 9.17) is 0 Å². The Balaban J connectivity index is 1.51. The van der Waals surface area contributed by atoms with Crippen molar-refractivity contribution >= 4 is 16.8 Å². The molecule has 1 atom stereocenters. The second kappa shape index (κ2) is 6.97. The van der Waals surface area contributed by atoms with Crippen molar-refractivity contribution in [3.63, 3.8) is 0 Å². The lowest BCUT2D eigenvalue weighted by Crippen LogP contribution is -2.40. The largest absolute Gasteiger partial charge is 0.337 e. The van der Waals surface area contributed by atoms with Gasteiger partial charge in [0.1, 0.15) is 12.0 Å². The second-order valence-electron chi connectivity index (χ2n) is 6.55. The molecule has 0 saturated carbocycles. The van der Waals surface area contributed by atoms with Gasteiger partial charge in [-0.05, 0) is 48.9 Å². The van der Waals surface area contributed by atoms with E-state index in [9.17, 15) is 4.79 Å². The maximum atomic E-state index is 12.6. The van der Waals surface area contributed by atoms with Gasteiger partial charge in [0.05, 0.1) is 5.52 Å². The van der Waals surface area contributed by atoms with Crippen molar-refractivity contribution in [3.05, 3.63) is 66.4 Å². The van der Waals surface area contributed by atoms with Gasteiger partial charge in [0.2, 0.25) is 0 Å². The number of piperidine rings is 1. The summed E-state index contributed by atoms with van der Waals surface area (Å²) in [6.45, 7) is 1.58. The molecule has 2 aromatic heterocycles. The number of carbonyl (C=O) groups excluding carboxylic acids is 1. The summed E-state index contributed by atoms with van der Waals surface area (Å²) in [6, 6.07) is 12.1. The highest BCUT2D eigenvalue weighted by Crippen LogP contribution is 2.25. The van der Waals surface area contributed by atoms with E-state index in [0.717, 1.165) is 37.9 Å². The normalized spacial score (nSPS) is 17.6. The van der Waals surface area contributed by atoms with Gasteiger partial charge in [0.25, 0.3) is 5.91 Å². The molecule has 0 spiro atoms. The lowest BCUT2D eigenvalue weighted by Gasteiger charge is -2.32. The summed E-state index contributed by atoms with van der Waals surface area (Å²) in [5.74, 6) is 0.469. The van der Waals surface area contributed by atoms with Crippen LogP contribution in [0.25, 0.3) is 10.9 Å². The molecule has 1 amide bonds. The maximum Gasteiger partial charge on any atom is 0.272 e. The first kappa shape index (κ1) is 15.7. The predicted molar refractivity (Wildman–Crippen MR) is 96.1 cm³/mol. The third kappa shape index (κ3) is 3.36. The van der Waals surface area contributed by atoms with E-state index in [-0.39, 0.29) is 5.91 Å². The zero-order chi connectivity index (χ0) is 17.1. The van der Waals surface area contributed by atoms with Crippen LogP contribution >= 0.6 is 0 Å². The average Bonchev–Trinajstić information content (AvgIpc) is 2.69. The summed E-state index contributed by atoms with van der Waals surface area (Å²) < 4.78 is 0. The molecule has 1 fully saturated rings. The fourth-order valence-electron chi connectivity index (χ4n) is 3.65. The van der Waals surface area contributed by atoms with Gasteiger partial charge in [-0.1, -0.05) is 18.2 Å². The summed E-state index contributed by atoms with van der Waals surface area (Å²) in [6.07, 6.45) is 8.02. The lowest BCUT2D eigenvalue weighted by molar-refractivity contribution is 0.0667. The van der Waals surface area contributed by atoms with Crippen LogP contribution in [-0.4, -0.2) is 38.8 Å². The Labute approximate surface area is 146 Å². The number of hydrogen-bond acceptors (Lipinski definition) is 4. The molecule has 1 unspecified atom stereocenters. The highest BCUT2D eigenvalue weighted by molar-refractivity contribution is 5.92. The third-order valence-corrected chi connectivity index (χ3v) is 4.85. The number of hydrogen-bond donors (Lipinski definition) is 0. The topological polar surface area (TPSA) is 59.0 Å². The fourth-order valence-corrected chi connectivity index (χ4v) is 3.65. The van der Waals surface area contributed by atoms with E-state index in [1.54, 1.807) is 12.3 Å². The van der Waals surface area contributed by atoms with Crippen LogP contribution in [0.1, 0.15) is 28.9 Å². The highest BCUT2D eigenvalue weighted by Gasteiger charge is 2.25. The molecule has 1 aromatic carbocycles. The van der Waals surface area contributed by atoms with Crippen molar-refractivity contribution in [2.75, 3.05) is 13.1 Å². The fraction of sp³-hybridized carbons (Fsp3) is 0.300. The van der Waals surface area contributed by atoms with Crippen LogP contribution in [0.2, 0.25) is 0 Å². The van der Waals surface area contributed by atoms with Crippen LogP contribution in [0.5, 0.6) is 0 Å². The van der Waals surface area contributed by atoms with Crippen molar-refractivity contribution in [2.45, 2.75) is 19.3 Å². The number of benzene rings is 1. The molecule has 5 heteroatoms. The van der Waals surface area contributed by atoms with Crippen LogP contribution in [0.3, 0.4) is 0 Å². The molecule has 25 heavy (non-hydrogen) atoms. The molecule has 1 aliphatic rings. The molecule has 5 nitrogen and oxygen atoms in total. The minimum atomic E-state index is 0.00619. The maximum absolute atomic E-state index is 12.6. The van der Waals surface area contributed by atoms with Crippen molar-refractivity contribution in [1.29, 1.82) is 0 Å². The number of nitrogens with zero attached hydrogens (tertiary/aromatic N) is 4. The van der Waals surface area contributed by atoms with E-state index in [1.807, 2.05) is 23.2 Å². The zero-order valence-corrected chi connectivity index (χ0v) is 14.0. The molecule has 126 valence electrons. The molecule has 0 aliphatic carbocycles. The summed E-state index contributed by atoms with van der Waals surface area (Å²) in [4.78, 5) is 27.0. The number of aromatic nitrogens is 3. The lowest BCUT2D eigenvalue weighted by atomic mass is 9.89. The Morgan fingerprint density at radius 2 is 2.08 bits per heavy atom. The zero-order valence-electron chi connectivity index (χ0n) is 14.0. The number of pyridine rings is 1. The summed E-state index contributed by atoms with van der Waals surface area (Å²) >= 11 is 0. The van der Waals surface area contributed by atoms with Crippen LogP contribution in [0.4, 0.5) is 0 Å². The first-order valence-corrected chi connectivity index (χ1v) is 8.69. The minimum Gasteiger partial charge on any atom is -0.337 e. The first-order chi connectivity index (χ1) is 12.3. The van der Waals surface area contributed by atoms with Gasteiger partial charge < -0.3 is 4.90 Å². The monoisotopic (exact) mass is 332 g/mol. The van der Waals surface area contributed by atoms with Crippen molar-refractivity contribution in [2.24, 2.45) is 5.92 Å². The number of carbonyl (C=O) groups is 1. The van der Waals surface area contributed by atoms with Crippen LogP contribution in [0, 0.1) is 5.92 Å². The second-order valence-corrected chi connectivity index (χ2v) is 6.55. The molecule has 1 aliphatic heterocycles. The van der Waals surface area contributed by atoms with Crippen molar-refractivity contribution in [3.8, 4) is 0 Å². The Kier molecular flexibility index (Phi) is 4.37. The molecule has 0 radical (unpaired) electrons.